The van der Waals surface area contributed by atoms with Crippen LogP contribution in [0, 0.1) is 0 Å². The van der Waals surface area contributed by atoms with Gasteiger partial charge in [-0.15, -0.1) is 0 Å². The van der Waals surface area contributed by atoms with Crippen molar-refractivity contribution >= 4 is 17.4 Å². The Hall–Kier alpha value is -1.68. The molecule has 20 heavy (non-hydrogen) atoms. The van der Waals surface area contributed by atoms with Crippen molar-refractivity contribution in [1.82, 2.24) is 5.32 Å². The number of aryl methyl sites for hydroxylation is 1. The normalized spacial score (nSPS) is 15.4. The number of hydrogen-bond acceptors (Lipinski definition) is 3. The van der Waals surface area contributed by atoms with E-state index in [1.165, 1.54) is 0 Å². The molecule has 0 fully saturated rings. The largest absolute Gasteiger partial charge is 0.326 e. The van der Waals surface area contributed by atoms with E-state index >= 15 is 0 Å². The summed E-state index contributed by atoms with van der Waals surface area (Å²) in [7, 11) is 0. The van der Waals surface area contributed by atoms with Gasteiger partial charge in [-0.3, -0.25) is 9.59 Å². The summed E-state index contributed by atoms with van der Waals surface area (Å²) in [5, 5.41) is 6.08. The third-order valence-electron chi connectivity index (χ3n) is 3.66. The summed E-state index contributed by atoms with van der Waals surface area (Å²) in [5.41, 5.74) is 2.61. The molecule has 1 aromatic carbocycles. The van der Waals surface area contributed by atoms with Crippen LogP contribution in [0.4, 0.5) is 5.69 Å². The summed E-state index contributed by atoms with van der Waals surface area (Å²) in [6.45, 7) is 4.90. The van der Waals surface area contributed by atoms with E-state index in [9.17, 15) is 9.59 Å². The maximum atomic E-state index is 12.3. The molecule has 1 aliphatic rings. The van der Waals surface area contributed by atoms with Crippen molar-refractivity contribution in [3.63, 3.8) is 0 Å². The number of amides is 1. The Kier molecular flexibility index (Phi) is 4.90. The van der Waals surface area contributed by atoms with Crippen molar-refractivity contribution in [2.45, 2.75) is 45.6 Å². The highest BCUT2D eigenvalue weighted by atomic mass is 16.1. The summed E-state index contributed by atoms with van der Waals surface area (Å²) in [5.74, 6) is 0.159. The minimum atomic E-state index is -0.169. The number of Topliss-reactive ketones (excluding diaryl/α,β-unsaturated/α-hetero) is 1. The third-order valence-corrected chi connectivity index (χ3v) is 3.66. The first-order valence-corrected chi connectivity index (χ1v) is 7.32. The number of ketones is 1. The molecule has 108 valence electrons. The number of fused-ring (bicyclic) bond motifs is 1. The zero-order valence-electron chi connectivity index (χ0n) is 12.2. The smallest absolute Gasteiger partial charge is 0.224 e. The van der Waals surface area contributed by atoms with Gasteiger partial charge in [-0.1, -0.05) is 13.3 Å². The van der Waals surface area contributed by atoms with Gasteiger partial charge in [0.25, 0.3) is 0 Å². The fraction of sp³-hybridized carbons (Fsp3) is 0.500. The SMILES string of the molecule is CCCCNC(C)C(=O)c1ccc2c(c1)CCC(=O)N2. The second-order valence-corrected chi connectivity index (χ2v) is 5.31. The molecule has 0 radical (unpaired) electrons. The van der Waals surface area contributed by atoms with Crippen LogP contribution < -0.4 is 10.6 Å². The zero-order valence-corrected chi connectivity index (χ0v) is 12.2. The molecule has 1 heterocycles. The summed E-state index contributed by atoms with van der Waals surface area (Å²) in [6, 6.07) is 5.37. The standard InChI is InChI=1S/C16H22N2O2/c1-3-4-9-17-11(2)16(20)13-5-7-14-12(10-13)6-8-15(19)18-14/h5,7,10-11,17H,3-4,6,8-9H2,1-2H3,(H,18,19). The van der Waals surface area contributed by atoms with Gasteiger partial charge in [-0.25, -0.2) is 0 Å². The number of nitrogens with one attached hydrogen (secondary N) is 2. The molecule has 2 N–H and O–H groups in total. The van der Waals surface area contributed by atoms with E-state index in [4.69, 9.17) is 0 Å². The Morgan fingerprint density at radius 3 is 2.95 bits per heavy atom. The Morgan fingerprint density at radius 1 is 1.40 bits per heavy atom. The van der Waals surface area contributed by atoms with E-state index in [-0.39, 0.29) is 17.7 Å². The first kappa shape index (κ1) is 14.7. The lowest BCUT2D eigenvalue weighted by atomic mass is 9.97. The van der Waals surface area contributed by atoms with E-state index in [0.29, 0.717) is 12.8 Å². The third kappa shape index (κ3) is 3.45. The molecular formula is C16H22N2O2. The van der Waals surface area contributed by atoms with Crippen LogP contribution in [0.25, 0.3) is 0 Å². The van der Waals surface area contributed by atoms with Crippen molar-refractivity contribution in [3.05, 3.63) is 29.3 Å². The summed E-state index contributed by atoms with van der Waals surface area (Å²) in [4.78, 5) is 23.7. The zero-order chi connectivity index (χ0) is 14.5. The average Bonchev–Trinajstić information content (AvgIpc) is 2.46. The van der Waals surface area contributed by atoms with Crippen LogP contribution in [0.15, 0.2) is 18.2 Å². The molecule has 4 nitrogen and oxygen atoms in total. The molecular weight excluding hydrogens is 252 g/mol. The van der Waals surface area contributed by atoms with E-state index in [2.05, 4.69) is 17.6 Å². The quantitative estimate of drug-likeness (QED) is 0.619. The highest BCUT2D eigenvalue weighted by molar-refractivity contribution is 6.01. The molecule has 1 aliphatic heterocycles. The van der Waals surface area contributed by atoms with Crippen molar-refractivity contribution < 1.29 is 9.59 Å². The number of carbonyl (C=O) groups excluding carboxylic acids is 2. The molecule has 0 aromatic heterocycles. The molecule has 2 rings (SSSR count). The van der Waals surface area contributed by atoms with Gasteiger partial charge in [-0.2, -0.15) is 0 Å². The molecule has 1 aromatic rings. The van der Waals surface area contributed by atoms with Gasteiger partial charge in [0.2, 0.25) is 5.91 Å². The lowest BCUT2D eigenvalue weighted by Gasteiger charge is -2.18. The first-order valence-electron chi connectivity index (χ1n) is 7.32. The molecule has 0 saturated carbocycles. The number of hydrogen-bond donors (Lipinski definition) is 2. The predicted octanol–water partition coefficient (Wildman–Crippen LogP) is 2.53. The van der Waals surface area contributed by atoms with E-state index < -0.39 is 0 Å². The fourth-order valence-corrected chi connectivity index (χ4v) is 2.37. The Morgan fingerprint density at radius 2 is 2.20 bits per heavy atom. The van der Waals surface area contributed by atoms with Crippen molar-refractivity contribution in [1.29, 1.82) is 0 Å². The molecule has 1 amide bonds. The van der Waals surface area contributed by atoms with Crippen LogP contribution in [0.3, 0.4) is 0 Å². The Labute approximate surface area is 119 Å². The van der Waals surface area contributed by atoms with Gasteiger partial charge in [-0.05, 0) is 50.1 Å². The summed E-state index contributed by atoms with van der Waals surface area (Å²) < 4.78 is 0. The van der Waals surface area contributed by atoms with Crippen molar-refractivity contribution in [2.75, 3.05) is 11.9 Å². The lowest BCUT2D eigenvalue weighted by molar-refractivity contribution is -0.116. The Balaban J connectivity index is 2.05. The topological polar surface area (TPSA) is 58.2 Å². The van der Waals surface area contributed by atoms with Gasteiger partial charge >= 0.3 is 0 Å². The van der Waals surface area contributed by atoms with Gasteiger partial charge in [0, 0.05) is 17.7 Å². The van der Waals surface area contributed by atoms with Crippen LogP contribution in [0.5, 0.6) is 0 Å². The number of benzene rings is 1. The highest BCUT2D eigenvalue weighted by Crippen LogP contribution is 2.24. The van der Waals surface area contributed by atoms with E-state index in [0.717, 1.165) is 36.2 Å². The van der Waals surface area contributed by atoms with E-state index in [1.807, 2.05) is 19.1 Å². The van der Waals surface area contributed by atoms with Crippen LogP contribution in [0.1, 0.15) is 49.0 Å². The first-order chi connectivity index (χ1) is 9.61. The minimum absolute atomic E-state index is 0.0474. The highest BCUT2D eigenvalue weighted by Gasteiger charge is 2.19. The average molecular weight is 274 g/mol. The van der Waals surface area contributed by atoms with Gasteiger partial charge < -0.3 is 10.6 Å². The lowest BCUT2D eigenvalue weighted by Crippen LogP contribution is -2.34. The van der Waals surface area contributed by atoms with E-state index in [1.54, 1.807) is 6.07 Å². The van der Waals surface area contributed by atoms with Crippen molar-refractivity contribution in [3.8, 4) is 0 Å². The second kappa shape index (κ2) is 6.66. The van der Waals surface area contributed by atoms with Crippen molar-refractivity contribution in [2.24, 2.45) is 0 Å². The summed E-state index contributed by atoms with van der Waals surface area (Å²) in [6.07, 6.45) is 3.40. The van der Waals surface area contributed by atoms with Gasteiger partial charge in [0.15, 0.2) is 5.78 Å². The molecule has 1 atom stereocenters. The number of carbonyl (C=O) groups is 2. The van der Waals surface area contributed by atoms with Crippen LogP contribution >= 0.6 is 0 Å². The van der Waals surface area contributed by atoms with Gasteiger partial charge in [0.05, 0.1) is 6.04 Å². The number of rotatable bonds is 6. The maximum absolute atomic E-state index is 12.3. The molecule has 4 heteroatoms. The Bertz CT molecular complexity index is 511. The molecule has 0 saturated heterocycles. The number of anilines is 1. The molecule has 0 aliphatic carbocycles. The monoisotopic (exact) mass is 274 g/mol. The maximum Gasteiger partial charge on any atom is 0.224 e. The van der Waals surface area contributed by atoms with Crippen LogP contribution in [-0.2, 0) is 11.2 Å². The second-order valence-electron chi connectivity index (χ2n) is 5.31. The molecule has 0 bridgehead atoms. The van der Waals surface area contributed by atoms with Gasteiger partial charge in [0.1, 0.15) is 0 Å². The minimum Gasteiger partial charge on any atom is -0.326 e. The molecule has 1 unspecified atom stereocenters. The predicted molar refractivity (Wildman–Crippen MR) is 80.1 cm³/mol. The molecule has 0 spiro atoms. The van der Waals surface area contributed by atoms with Crippen LogP contribution in [0.2, 0.25) is 0 Å². The fourth-order valence-electron chi connectivity index (χ4n) is 2.37. The van der Waals surface area contributed by atoms with Crippen LogP contribution in [-0.4, -0.2) is 24.3 Å². The number of unbranched alkanes of at least 4 members (excludes halogenated alkanes) is 1. The summed E-state index contributed by atoms with van der Waals surface area (Å²) >= 11 is 0.